The largest absolute Gasteiger partial charge is 0.247 e. The number of pyridine rings is 3. The van der Waals surface area contributed by atoms with E-state index >= 15 is 0 Å². The first-order valence-corrected chi connectivity index (χ1v) is 16.7. The van der Waals surface area contributed by atoms with Crippen LogP contribution in [0.15, 0.2) is 158 Å². The van der Waals surface area contributed by atoms with Crippen LogP contribution in [0.2, 0.25) is 0 Å². The van der Waals surface area contributed by atoms with Gasteiger partial charge in [-0.05, 0) is 64.7 Å². The molecule has 0 spiro atoms. The van der Waals surface area contributed by atoms with Crippen molar-refractivity contribution in [2.24, 2.45) is 0 Å². The Morgan fingerprint density at radius 2 is 0.837 bits per heavy atom. The van der Waals surface area contributed by atoms with Crippen LogP contribution in [0.3, 0.4) is 0 Å². The number of hydrogen-bond acceptors (Lipinski definition) is 3. The number of hydrogen-bond donors (Lipinski definition) is 0. The minimum Gasteiger partial charge on any atom is -0.247 e. The SMILES string of the molecule is C1=CCc2c(ccc3ccc(-c4cc(-c5ccc6ccc7ccccc7c6n5)cc(-c5ccc6ccc7ccccc7c6n5)c4)nc23)C=C1. The molecule has 3 heteroatoms. The summed E-state index contributed by atoms with van der Waals surface area (Å²) in [5.41, 5.74) is 11.4. The summed E-state index contributed by atoms with van der Waals surface area (Å²) in [5.74, 6) is 0. The fourth-order valence-corrected chi connectivity index (χ4v) is 7.33. The molecule has 3 nitrogen and oxygen atoms in total. The van der Waals surface area contributed by atoms with Gasteiger partial charge in [-0.2, -0.15) is 0 Å². The normalized spacial score (nSPS) is 12.7. The zero-order valence-corrected chi connectivity index (χ0v) is 26.6. The summed E-state index contributed by atoms with van der Waals surface area (Å²) in [4.78, 5) is 15.9. The van der Waals surface area contributed by atoms with Crippen molar-refractivity contribution in [3.63, 3.8) is 0 Å². The van der Waals surface area contributed by atoms with Gasteiger partial charge in [0.2, 0.25) is 0 Å². The Balaban J connectivity index is 1.21. The van der Waals surface area contributed by atoms with E-state index in [2.05, 4.69) is 164 Å². The molecular weight excluding hydrogens is 595 g/mol. The Morgan fingerprint density at radius 1 is 0.388 bits per heavy atom. The minimum atomic E-state index is 0.853. The van der Waals surface area contributed by atoms with E-state index in [4.69, 9.17) is 15.0 Å². The predicted molar refractivity (Wildman–Crippen MR) is 206 cm³/mol. The number of benzene rings is 6. The van der Waals surface area contributed by atoms with Crippen molar-refractivity contribution in [2.75, 3.05) is 0 Å². The summed E-state index contributed by atoms with van der Waals surface area (Å²) in [6, 6.07) is 49.6. The summed E-state index contributed by atoms with van der Waals surface area (Å²) < 4.78 is 0. The predicted octanol–water partition coefficient (Wildman–Crippen LogP) is 11.8. The van der Waals surface area contributed by atoms with Crippen LogP contribution in [0.4, 0.5) is 0 Å². The smallest absolute Gasteiger partial charge is 0.0787 e. The number of aromatic nitrogens is 3. The number of allylic oxidation sites excluding steroid dienone is 3. The van der Waals surface area contributed by atoms with Gasteiger partial charge in [-0.25, -0.2) is 15.0 Å². The molecule has 228 valence electrons. The third-order valence-electron chi connectivity index (χ3n) is 9.84. The first-order valence-electron chi connectivity index (χ1n) is 16.7. The molecular formula is C46H29N3. The van der Waals surface area contributed by atoms with Gasteiger partial charge in [0.05, 0.1) is 33.6 Å². The van der Waals surface area contributed by atoms with E-state index < -0.39 is 0 Å². The van der Waals surface area contributed by atoms with Crippen LogP contribution in [0.1, 0.15) is 11.1 Å². The Morgan fingerprint density at radius 3 is 1.41 bits per heavy atom. The standard InChI is InChI=1S/C46H29N3/c1-2-8-29-14-17-32-20-23-41(47-44(32)38(29)11-3-1)35-26-36(42-24-21-33-18-15-30-9-4-6-12-39(30)45(33)48-42)28-37(27-35)43-25-22-34-19-16-31-10-5-7-13-40(31)46(34)49-43/h1-10,12-28H,11H2. The highest BCUT2D eigenvalue weighted by Gasteiger charge is 2.15. The van der Waals surface area contributed by atoms with E-state index in [1.807, 2.05) is 0 Å². The third kappa shape index (κ3) is 4.70. The van der Waals surface area contributed by atoms with E-state index in [1.165, 1.54) is 21.9 Å². The van der Waals surface area contributed by atoms with Gasteiger partial charge in [-0.15, -0.1) is 0 Å². The molecule has 1 aliphatic carbocycles. The van der Waals surface area contributed by atoms with Crippen molar-refractivity contribution >= 4 is 60.3 Å². The van der Waals surface area contributed by atoms with Gasteiger partial charge >= 0.3 is 0 Å². The fourth-order valence-electron chi connectivity index (χ4n) is 7.33. The maximum atomic E-state index is 5.34. The highest BCUT2D eigenvalue weighted by Crippen LogP contribution is 2.36. The maximum absolute atomic E-state index is 5.34. The van der Waals surface area contributed by atoms with E-state index in [9.17, 15) is 0 Å². The first-order chi connectivity index (χ1) is 24.2. The molecule has 0 radical (unpaired) electrons. The van der Waals surface area contributed by atoms with Gasteiger partial charge in [-0.3, -0.25) is 0 Å². The zero-order chi connectivity index (χ0) is 32.3. The molecule has 0 saturated carbocycles. The number of rotatable bonds is 3. The molecule has 49 heavy (non-hydrogen) atoms. The van der Waals surface area contributed by atoms with Crippen LogP contribution >= 0.6 is 0 Å². The lowest BCUT2D eigenvalue weighted by Crippen LogP contribution is -1.95. The molecule has 0 unspecified atom stereocenters. The second-order valence-electron chi connectivity index (χ2n) is 12.8. The van der Waals surface area contributed by atoms with Crippen molar-refractivity contribution in [2.45, 2.75) is 6.42 Å². The highest BCUT2D eigenvalue weighted by molar-refractivity contribution is 6.07. The lowest BCUT2D eigenvalue weighted by molar-refractivity contribution is 1.26. The molecule has 6 aromatic carbocycles. The molecule has 3 aromatic heterocycles. The van der Waals surface area contributed by atoms with Gasteiger partial charge < -0.3 is 0 Å². The highest BCUT2D eigenvalue weighted by atomic mass is 14.7. The van der Waals surface area contributed by atoms with Crippen LogP contribution in [-0.4, -0.2) is 15.0 Å². The number of nitrogens with zero attached hydrogens (tertiary/aromatic N) is 3. The van der Waals surface area contributed by atoms with Crippen LogP contribution < -0.4 is 0 Å². The van der Waals surface area contributed by atoms with Crippen molar-refractivity contribution in [1.82, 2.24) is 15.0 Å². The van der Waals surface area contributed by atoms with Crippen molar-refractivity contribution < 1.29 is 0 Å². The van der Waals surface area contributed by atoms with Gasteiger partial charge in [0.25, 0.3) is 0 Å². The minimum absolute atomic E-state index is 0.853. The third-order valence-corrected chi connectivity index (χ3v) is 9.84. The van der Waals surface area contributed by atoms with E-state index in [-0.39, 0.29) is 0 Å². The molecule has 9 aromatic rings. The van der Waals surface area contributed by atoms with E-state index in [1.54, 1.807) is 0 Å². The van der Waals surface area contributed by atoms with Gasteiger partial charge in [-0.1, -0.05) is 127 Å². The van der Waals surface area contributed by atoms with Crippen molar-refractivity contribution in [1.29, 1.82) is 0 Å². The Labute approximate surface area is 283 Å². The van der Waals surface area contributed by atoms with E-state index in [0.717, 1.165) is 83.7 Å². The molecule has 1 aliphatic rings. The zero-order valence-electron chi connectivity index (χ0n) is 26.6. The maximum Gasteiger partial charge on any atom is 0.0787 e. The molecule has 0 amide bonds. The Hall–Kier alpha value is -6.45. The summed E-state index contributed by atoms with van der Waals surface area (Å²) in [6.45, 7) is 0. The van der Waals surface area contributed by atoms with Crippen molar-refractivity contribution in [3.05, 3.63) is 169 Å². The van der Waals surface area contributed by atoms with Gasteiger partial charge in [0, 0.05) is 43.6 Å². The van der Waals surface area contributed by atoms with Crippen LogP contribution in [0.5, 0.6) is 0 Å². The van der Waals surface area contributed by atoms with Crippen LogP contribution in [-0.2, 0) is 6.42 Å². The average molecular weight is 624 g/mol. The average Bonchev–Trinajstić information content (AvgIpc) is 3.43. The molecule has 0 saturated heterocycles. The summed E-state index contributed by atoms with van der Waals surface area (Å²) in [5, 5.41) is 8.08. The van der Waals surface area contributed by atoms with Crippen molar-refractivity contribution in [3.8, 4) is 33.8 Å². The summed E-state index contributed by atoms with van der Waals surface area (Å²) >= 11 is 0. The van der Waals surface area contributed by atoms with E-state index in [0.29, 0.717) is 0 Å². The molecule has 0 fully saturated rings. The molecule has 0 bridgehead atoms. The molecule has 3 heterocycles. The fraction of sp³-hybridized carbons (Fsp3) is 0.0217. The second-order valence-corrected chi connectivity index (χ2v) is 12.8. The van der Waals surface area contributed by atoms with Gasteiger partial charge in [0.1, 0.15) is 0 Å². The summed E-state index contributed by atoms with van der Waals surface area (Å²) in [7, 11) is 0. The summed E-state index contributed by atoms with van der Waals surface area (Å²) in [6.07, 6.45) is 9.46. The number of fused-ring (bicyclic) bond motifs is 9. The quantitative estimate of drug-likeness (QED) is 0.184. The molecule has 0 N–H and O–H groups in total. The Kier molecular flexibility index (Phi) is 6.25. The second kappa shape index (κ2) is 11.1. The topological polar surface area (TPSA) is 38.7 Å². The van der Waals surface area contributed by atoms with Gasteiger partial charge in [0.15, 0.2) is 0 Å². The monoisotopic (exact) mass is 623 g/mol. The van der Waals surface area contributed by atoms with Crippen LogP contribution in [0.25, 0.3) is 94.1 Å². The molecule has 0 aliphatic heterocycles. The lowest BCUT2D eigenvalue weighted by atomic mass is 9.96. The van der Waals surface area contributed by atoms with Crippen LogP contribution in [0, 0.1) is 0 Å². The Bertz CT molecular complexity index is 2720. The lowest BCUT2D eigenvalue weighted by Gasteiger charge is -2.13. The first kappa shape index (κ1) is 27.6. The molecule has 0 atom stereocenters. The molecule has 10 rings (SSSR count).